The topological polar surface area (TPSA) is 21.3 Å². The molecule has 0 bridgehead atoms. The molecule has 1 saturated carbocycles. The van der Waals surface area contributed by atoms with Crippen molar-refractivity contribution >= 4 is 0 Å². The molecule has 0 saturated heterocycles. The van der Waals surface area contributed by atoms with Crippen molar-refractivity contribution in [3.8, 4) is 5.75 Å². The first-order valence-electron chi connectivity index (χ1n) is 8.32. The first kappa shape index (κ1) is 16.4. The average Bonchev–Trinajstić information content (AvgIpc) is 2.46. The van der Waals surface area contributed by atoms with Gasteiger partial charge in [-0.1, -0.05) is 45.7 Å². The minimum Gasteiger partial charge on any atom is -0.497 e. The number of hydrogen-bond donors (Lipinski definition) is 1. The van der Waals surface area contributed by atoms with E-state index >= 15 is 0 Å². The highest BCUT2D eigenvalue weighted by atomic mass is 16.5. The molecule has 21 heavy (non-hydrogen) atoms. The van der Waals surface area contributed by atoms with Crippen molar-refractivity contribution in [1.29, 1.82) is 0 Å². The zero-order valence-corrected chi connectivity index (χ0v) is 14.3. The van der Waals surface area contributed by atoms with Gasteiger partial charge >= 0.3 is 0 Å². The second-order valence-electron chi connectivity index (χ2n) is 7.53. The lowest BCUT2D eigenvalue weighted by Gasteiger charge is -2.42. The fourth-order valence-corrected chi connectivity index (χ4v) is 3.70. The molecule has 2 rings (SSSR count). The molecule has 0 aromatic heterocycles. The van der Waals surface area contributed by atoms with Crippen LogP contribution in [0.25, 0.3) is 0 Å². The Balaban J connectivity index is 2.07. The summed E-state index contributed by atoms with van der Waals surface area (Å²) in [6.07, 6.45) is 5.39. The number of methoxy groups -OCH3 is 1. The fraction of sp³-hybridized carbons (Fsp3) is 0.684. The van der Waals surface area contributed by atoms with E-state index in [0.717, 1.165) is 11.7 Å². The lowest BCUT2D eigenvalue weighted by Crippen LogP contribution is -2.45. The molecule has 0 spiro atoms. The predicted octanol–water partition coefficient (Wildman–Crippen LogP) is 4.95. The maximum Gasteiger partial charge on any atom is 0.119 e. The van der Waals surface area contributed by atoms with Crippen molar-refractivity contribution < 1.29 is 4.74 Å². The van der Waals surface area contributed by atoms with Crippen molar-refractivity contribution in [3.05, 3.63) is 29.8 Å². The summed E-state index contributed by atoms with van der Waals surface area (Å²) < 4.78 is 5.34. The van der Waals surface area contributed by atoms with Gasteiger partial charge in [-0.2, -0.15) is 0 Å². The van der Waals surface area contributed by atoms with Crippen LogP contribution in [0.15, 0.2) is 24.3 Å². The minimum atomic E-state index is 0.369. The molecule has 2 unspecified atom stereocenters. The molecule has 0 amide bonds. The monoisotopic (exact) mass is 289 g/mol. The molecule has 118 valence electrons. The zero-order valence-electron chi connectivity index (χ0n) is 14.3. The number of ether oxygens (including phenoxy) is 1. The summed E-state index contributed by atoms with van der Waals surface area (Å²) in [5, 5.41) is 3.89. The average molecular weight is 289 g/mol. The molecule has 1 aliphatic carbocycles. The lowest BCUT2D eigenvalue weighted by atomic mass is 9.69. The van der Waals surface area contributed by atoms with Crippen LogP contribution in [-0.2, 0) is 0 Å². The fourth-order valence-electron chi connectivity index (χ4n) is 3.70. The largest absolute Gasteiger partial charge is 0.497 e. The van der Waals surface area contributed by atoms with E-state index in [1.54, 1.807) is 7.11 Å². The number of hydrogen-bond acceptors (Lipinski definition) is 2. The van der Waals surface area contributed by atoms with Crippen LogP contribution in [0.4, 0.5) is 0 Å². The van der Waals surface area contributed by atoms with E-state index in [2.05, 4.69) is 51.2 Å². The summed E-state index contributed by atoms with van der Waals surface area (Å²) in [6.45, 7) is 9.42. The highest BCUT2D eigenvalue weighted by Crippen LogP contribution is 2.38. The summed E-state index contributed by atoms with van der Waals surface area (Å²) in [4.78, 5) is 0. The van der Waals surface area contributed by atoms with Gasteiger partial charge in [0.15, 0.2) is 0 Å². The molecule has 0 aliphatic heterocycles. The molecule has 1 aliphatic rings. The van der Waals surface area contributed by atoms with Gasteiger partial charge in [0.05, 0.1) is 7.11 Å². The van der Waals surface area contributed by atoms with Crippen LogP contribution >= 0.6 is 0 Å². The third-order valence-electron chi connectivity index (χ3n) is 4.94. The molecule has 1 fully saturated rings. The maximum atomic E-state index is 5.34. The van der Waals surface area contributed by atoms with Crippen molar-refractivity contribution in [1.82, 2.24) is 5.32 Å². The summed E-state index contributed by atoms with van der Waals surface area (Å²) in [5.74, 6) is 1.71. The Morgan fingerprint density at radius 3 is 2.57 bits per heavy atom. The predicted molar refractivity (Wildman–Crippen MR) is 89.7 cm³/mol. The molecule has 0 heterocycles. The van der Waals surface area contributed by atoms with Crippen LogP contribution in [-0.4, -0.2) is 13.2 Å². The molecule has 3 atom stereocenters. The molecule has 1 aromatic carbocycles. The molecular formula is C19H31NO. The molecule has 1 aromatic rings. The van der Waals surface area contributed by atoms with Crippen LogP contribution in [0.3, 0.4) is 0 Å². The Morgan fingerprint density at radius 1 is 1.19 bits per heavy atom. The second-order valence-corrected chi connectivity index (χ2v) is 7.53. The van der Waals surface area contributed by atoms with Crippen molar-refractivity contribution in [2.45, 2.75) is 65.5 Å². The number of rotatable bonds is 4. The van der Waals surface area contributed by atoms with Crippen LogP contribution in [0.1, 0.15) is 65.0 Å². The minimum absolute atomic E-state index is 0.369. The van der Waals surface area contributed by atoms with Gasteiger partial charge in [0.2, 0.25) is 0 Å². The van der Waals surface area contributed by atoms with E-state index < -0.39 is 0 Å². The number of benzene rings is 1. The van der Waals surface area contributed by atoms with E-state index in [9.17, 15) is 0 Å². The Labute approximate surface area is 130 Å². The highest BCUT2D eigenvalue weighted by Gasteiger charge is 2.34. The normalized spacial score (nSPS) is 24.6. The number of nitrogens with one attached hydrogen (secondary N) is 1. The Bertz CT molecular complexity index is 449. The second kappa shape index (κ2) is 6.83. The van der Waals surface area contributed by atoms with Crippen molar-refractivity contribution in [3.63, 3.8) is 0 Å². The van der Waals surface area contributed by atoms with Crippen molar-refractivity contribution in [2.75, 3.05) is 7.11 Å². The van der Waals surface area contributed by atoms with Crippen LogP contribution in [0.5, 0.6) is 5.75 Å². The summed E-state index contributed by atoms with van der Waals surface area (Å²) >= 11 is 0. The molecule has 2 nitrogen and oxygen atoms in total. The summed E-state index contributed by atoms with van der Waals surface area (Å²) in [5.41, 5.74) is 1.69. The van der Waals surface area contributed by atoms with Gasteiger partial charge in [-0.15, -0.1) is 0 Å². The van der Waals surface area contributed by atoms with E-state index in [1.807, 2.05) is 6.07 Å². The first-order valence-corrected chi connectivity index (χ1v) is 8.32. The zero-order chi connectivity index (χ0) is 15.5. The van der Waals surface area contributed by atoms with Gasteiger partial charge in [-0.05, 0) is 48.8 Å². The standard InChI is InChI=1S/C19H31NO/c1-14(15-9-8-10-16(13-15)21-5)20-18-12-7-6-11-17(18)19(2,3)4/h8-10,13-14,17-18,20H,6-7,11-12H2,1-5H3/t14-,17?,18?/m1/s1. The SMILES string of the molecule is COc1cccc([C@@H](C)NC2CCCCC2C(C)(C)C)c1. The van der Waals surface area contributed by atoms with Gasteiger partial charge in [0.1, 0.15) is 5.75 Å². The van der Waals surface area contributed by atoms with Crippen LogP contribution in [0, 0.1) is 11.3 Å². The highest BCUT2D eigenvalue weighted by molar-refractivity contribution is 5.30. The van der Waals surface area contributed by atoms with Gasteiger partial charge in [-0.3, -0.25) is 0 Å². The lowest BCUT2D eigenvalue weighted by molar-refractivity contribution is 0.124. The van der Waals surface area contributed by atoms with E-state index in [0.29, 0.717) is 17.5 Å². The van der Waals surface area contributed by atoms with Crippen LogP contribution in [0.2, 0.25) is 0 Å². The molecular weight excluding hydrogens is 258 g/mol. The molecule has 1 N–H and O–H groups in total. The summed E-state index contributed by atoms with van der Waals surface area (Å²) in [6, 6.07) is 9.42. The van der Waals surface area contributed by atoms with Crippen LogP contribution < -0.4 is 10.1 Å². The quantitative estimate of drug-likeness (QED) is 0.846. The molecule has 0 radical (unpaired) electrons. The van der Waals surface area contributed by atoms with E-state index in [-0.39, 0.29) is 0 Å². The first-order chi connectivity index (χ1) is 9.91. The van der Waals surface area contributed by atoms with Gasteiger partial charge < -0.3 is 10.1 Å². The van der Waals surface area contributed by atoms with Gasteiger partial charge in [0, 0.05) is 12.1 Å². The summed E-state index contributed by atoms with van der Waals surface area (Å²) in [7, 11) is 1.73. The molecule has 2 heteroatoms. The van der Waals surface area contributed by atoms with E-state index in [1.165, 1.54) is 31.2 Å². The third-order valence-corrected chi connectivity index (χ3v) is 4.94. The smallest absolute Gasteiger partial charge is 0.119 e. The van der Waals surface area contributed by atoms with Gasteiger partial charge in [-0.25, -0.2) is 0 Å². The van der Waals surface area contributed by atoms with Gasteiger partial charge in [0.25, 0.3) is 0 Å². The Hall–Kier alpha value is -1.02. The Kier molecular flexibility index (Phi) is 5.32. The van der Waals surface area contributed by atoms with E-state index in [4.69, 9.17) is 4.74 Å². The van der Waals surface area contributed by atoms with Crippen molar-refractivity contribution in [2.24, 2.45) is 11.3 Å². The maximum absolute atomic E-state index is 5.34. The Morgan fingerprint density at radius 2 is 1.90 bits per heavy atom. The third kappa shape index (κ3) is 4.23.